The second kappa shape index (κ2) is 9.26. The summed E-state index contributed by atoms with van der Waals surface area (Å²) in [7, 11) is 0. The molecule has 2 aliphatic rings. The van der Waals surface area contributed by atoms with Crippen LogP contribution in [0.4, 0.5) is 0 Å². The summed E-state index contributed by atoms with van der Waals surface area (Å²) < 4.78 is 5.89. The van der Waals surface area contributed by atoms with Crippen LogP contribution in [0.3, 0.4) is 0 Å². The summed E-state index contributed by atoms with van der Waals surface area (Å²) in [5, 5.41) is 9.33. The Morgan fingerprint density at radius 3 is 2.84 bits per heavy atom. The number of fused-ring (bicyclic) bond motifs is 1. The zero-order valence-corrected chi connectivity index (χ0v) is 18.6. The first-order valence-electron chi connectivity index (χ1n) is 11.0. The van der Waals surface area contributed by atoms with Crippen molar-refractivity contribution in [3.05, 3.63) is 58.9 Å². The number of hydrogen-bond donors (Lipinski definition) is 3. The number of aromatic nitrogens is 1. The molecule has 1 fully saturated rings. The lowest BCUT2D eigenvalue weighted by atomic mass is 9.88. The zero-order valence-electron chi connectivity index (χ0n) is 18.6. The lowest BCUT2D eigenvalue weighted by Crippen LogP contribution is -2.40. The molecule has 0 aliphatic carbocycles. The third-order valence-electron chi connectivity index (χ3n) is 6.28. The highest BCUT2D eigenvalue weighted by molar-refractivity contribution is 5.97. The fourth-order valence-electron chi connectivity index (χ4n) is 3.95. The summed E-state index contributed by atoms with van der Waals surface area (Å²) in [4.78, 5) is 30.6. The standard InChI is InChI=1S/C24H30N4O4/c1-24(2,23(30)31)9-12-28-11-8-17-4-3-16(13-19(17)22(28)29)15-32-18-5-6-20(25-14-18)21-7-10-26-27-21/h3-6,13-14,21,26-27H,7-12,15H2,1-2H3,(H,30,31). The van der Waals surface area contributed by atoms with E-state index in [-0.39, 0.29) is 11.9 Å². The van der Waals surface area contributed by atoms with Crippen molar-refractivity contribution in [3.8, 4) is 5.75 Å². The summed E-state index contributed by atoms with van der Waals surface area (Å²) in [6, 6.07) is 9.97. The fourth-order valence-corrected chi connectivity index (χ4v) is 3.95. The van der Waals surface area contributed by atoms with Gasteiger partial charge in [0.05, 0.1) is 23.3 Å². The number of carbonyl (C=O) groups is 2. The number of nitrogens with zero attached hydrogens (tertiary/aromatic N) is 2. The predicted molar refractivity (Wildman–Crippen MR) is 119 cm³/mol. The number of hydrazine groups is 1. The second-order valence-corrected chi connectivity index (χ2v) is 9.09. The van der Waals surface area contributed by atoms with Gasteiger partial charge in [0.25, 0.3) is 5.91 Å². The van der Waals surface area contributed by atoms with E-state index in [0.717, 1.165) is 36.2 Å². The highest BCUT2D eigenvalue weighted by Gasteiger charge is 2.30. The van der Waals surface area contributed by atoms with E-state index in [1.807, 2.05) is 30.3 Å². The van der Waals surface area contributed by atoms with Gasteiger partial charge in [0.2, 0.25) is 0 Å². The molecule has 0 radical (unpaired) electrons. The lowest BCUT2D eigenvalue weighted by Gasteiger charge is -2.31. The van der Waals surface area contributed by atoms with Gasteiger partial charge in [0.15, 0.2) is 0 Å². The average molecular weight is 439 g/mol. The first kappa shape index (κ1) is 22.2. The van der Waals surface area contributed by atoms with Crippen LogP contribution in [0, 0.1) is 5.41 Å². The number of amides is 1. The number of carboxylic acid groups (broad SMARTS) is 1. The molecule has 2 aliphatic heterocycles. The van der Waals surface area contributed by atoms with Gasteiger partial charge in [-0.3, -0.25) is 20.0 Å². The molecule has 8 heteroatoms. The monoisotopic (exact) mass is 438 g/mol. The van der Waals surface area contributed by atoms with Crippen molar-refractivity contribution in [2.45, 2.75) is 45.8 Å². The van der Waals surface area contributed by atoms with Crippen LogP contribution in [-0.2, 0) is 17.8 Å². The maximum Gasteiger partial charge on any atom is 0.309 e. The molecular weight excluding hydrogens is 408 g/mol. The van der Waals surface area contributed by atoms with E-state index in [4.69, 9.17) is 4.74 Å². The highest BCUT2D eigenvalue weighted by Crippen LogP contribution is 2.26. The Bertz CT molecular complexity index is 984. The highest BCUT2D eigenvalue weighted by atomic mass is 16.5. The SMILES string of the molecule is CC(C)(CCN1CCc2ccc(COc3ccc(C4CCNN4)nc3)cc2C1=O)C(=O)O. The molecule has 1 aromatic carbocycles. The van der Waals surface area contributed by atoms with Gasteiger partial charge in [-0.1, -0.05) is 12.1 Å². The van der Waals surface area contributed by atoms with E-state index in [2.05, 4.69) is 15.8 Å². The Morgan fingerprint density at radius 1 is 1.31 bits per heavy atom. The number of rotatable bonds is 8. The van der Waals surface area contributed by atoms with Gasteiger partial charge in [0.1, 0.15) is 12.4 Å². The zero-order chi connectivity index (χ0) is 22.7. The molecule has 4 rings (SSSR count). The van der Waals surface area contributed by atoms with Crippen LogP contribution >= 0.6 is 0 Å². The molecule has 2 aromatic rings. The molecule has 1 aromatic heterocycles. The van der Waals surface area contributed by atoms with Crippen molar-refractivity contribution in [1.29, 1.82) is 0 Å². The molecule has 170 valence electrons. The molecule has 8 nitrogen and oxygen atoms in total. The molecule has 3 heterocycles. The van der Waals surface area contributed by atoms with Crippen molar-refractivity contribution in [2.24, 2.45) is 5.41 Å². The molecule has 32 heavy (non-hydrogen) atoms. The minimum atomic E-state index is -0.857. The fraction of sp³-hybridized carbons (Fsp3) is 0.458. The summed E-state index contributed by atoms with van der Waals surface area (Å²) in [6.45, 7) is 5.70. The molecule has 3 N–H and O–H groups in total. The van der Waals surface area contributed by atoms with Crippen LogP contribution in [0.5, 0.6) is 5.75 Å². The number of nitrogens with one attached hydrogen (secondary N) is 2. The van der Waals surface area contributed by atoms with Crippen molar-refractivity contribution < 1.29 is 19.4 Å². The molecule has 1 atom stereocenters. The summed E-state index contributed by atoms with van der Waals surface area (Å²) in [6.07, 6.45) is 3.92. The van der Waals surface area contributed by atoms with Gasteiger partial charge in [0, 0.05) is 25.2 Å². The minimum absolute atomic E-state index is 0.0435. The van der Waals surface area contributed by atoms with Crippen molar-refractivity contribution in [1.82, 2.24) is 20.7 Å². The average Bonchev–Trinajstić information content (AvgIpc) is 3.33. The van der Waals surface area contributed by atoms with Crippen LogP contribution in [0.1, 0.15) is 59.9 Å². The van der Waals surface area contributed by atoms with E-state index < -0.39 is 11.4 Å². The molecule has 1 amide bonds. The largest absolute Gasteiger partial charge is 0.487 e. The first-order valence-corrected chi connectivity index (χ1v) is 11.0. The van der Waals surface area contributed by atoms with Crippen LogP contribution in [0.15, 0.2) is 36.5 Å². The number of aliphatic carboxylic acids is 1. The smallest absolute Gasteiger partial charge is 0.309 e. The van der Waals surface area contributed by atoms with Gasteiger partial charge in [-0.15, -0.1) is 0 Å². The van der Waals surface area contributed by atoms with E-state index in [9.17, 15) is 14.7 Å². The van der Waals surface area contributed by atoms with Crippen LogP contribution in [-0.4, -0.2) is 46.5 Å². The first-order chi connectivity index (χ1) is 15.3. The molecule has 1 saturated heterocycles. The number of carbonyl (C=O) groups excluding carboxylic acids is 1. The number of pyridine rings is 1. The van der Waals surface area contributed by atoms with Crippen molar-refractivity contribution in [2.75, 3.05) is 19.6 Å². The van der Waals surface area contributed by atoms with E-state index in [0.29, 0.717) is 37.4 Å². The van der Waals surface area contributed by atoms with Crippen molar-refractivity contribution >= 4 is 11.9 Å². The molecular formula is C24H30N4O4. The lowest BCUT2D eigenvalue weighted by molar-refractivity contribution is -0.147. The normalized spacial score (nSPS) is 18.5. The maximum absolute atomic E-state index is 13.0. The number of benzene rings is 1. The minimum Gasteiger partial charge on any atom is -0.487 e. The molecule has 1 unspecified atom stereocenters. The molecule has 0 spiro atoms. The third kappa shape index (κ3) is 4.92. The number of hydrogen-bond acceptors (Lipinski definition) is 6. The van der Waals surface area contributed by atoms with Crippen LogP contribution < -0.4 is 15.6 Å². The third-order valence-corrected chi connectivity index (χ3v) is 6.28. The van der Waals surface area contributed by atoms with Crippen molar-refractivity contribution in [3.63, 3.8) is 0 Å². The number of carboxylic acids is 1. The van der Waals surface area contributed by atoms with Gasteiger partial charge in [-0.25, -0.2) is 5.43 Å². The number of ether oxygens (including phenoxy) is 1. The van der Waals surface area contributed by atoms with Gasteiger partial charge < -0.3 is 14.7 Å². The van der Waals surface area contributed by atoms with E-state index >= 15 is 0 Å². The summed E-state index contributed by atoms with van der Waals surface area (Å²) in [5.74, 6) is -0.209. The summed E-state index contributed by atoms with van der Waals surface area (Å²) >= 11 is 0. The van der Waals surface area contributed by atoms with Gasteiger partial charge in [-0.2, -0.15) is 0 Å². The van der Waals surface area contributed by atoms with Crippen LogP contribution in [0.25, 0.3) is 0 Å². The molecule has 0 bridgehead atoms. The predicted octanol–water partition coefficient (Wildman–Crippen LogP) is 2.70. The quantitative estimate of drug-likeness (QED) is 0.582. The maximum atomic E-state index is 13.0. The Morgan fingerprint density at radius 2 is 2.16 bits per heavy atom. The summed E-state index contributed by atoms with van der Waals surface area (Å²) in [5.41, 5.74) is 9.04. The Labute approximate surface area is 188 Å². The topological polar surface area (TPSA) is 104 Å². The van der Waals surface area contributed by atoms with Gasteiger partial charge >= 0.3 is 5.97 Å². The molecule has 0 saturated carbocycles. The Hall–Kier alpha value is -2.97. The van der Waals surface area contributed by atoms with E-state index in [1.54, 1.807) is 24.9 Å². The van der Waals surface area contributed by atoms with Gasteiger partial charge in [-0.05, 0) is 62.4 Å². The van der Waals surface area contributed by atoms with E-state index in [1.165, 1.54) is 0 Å². The second-order valence-electron chi connectivity index (χ2n) is 9.09. The Kier molecular flexibility index (Phi) is 6.43. The Balaban J connectivity index is 1.37. The van der Waals surface area contributed by atoms with Crippen LogP contribution in [0.2, 0.25) is 0 Å².